The third-order valence-electron chi connectivity index (χ3n) is 2.79. The highest BCUT2D eigenvalue weighted by Crippen LogP contribution is 2.09. The number of nitrogens with two attached hydrogens (primary N) is 1. The molecule has 0 aliphatic carbocycles. The minimum absolute atomic E-state index is 0.222. The third-order valence-corrected chi connectivity index (χ3v) is 2.79. The van der Waals surface area contributed by atoms with Gasteiger partial charge >= 0.3 is 0 Å². The molecule has 0 spiro atoms. The van der Waals surface area contributed by atoms with Gasteiger partial charge in [0.25, 0.3) is 0 Å². The monoisotopic (exact) mass is 236 g/mol. The molecule has 0 amide bonds. The lowest BCUT2D eigenvalue weighted by molar-refractivity contribution is 0.153. The summed E-state index contributed by atoms with van der Waals surface area (Å²) in [6, 6.07) is 8.02. The molecular weight excluding hydrogens is 212 g/mol. The molecule has 0 heterocycles. The highest BCUT2D eigenvalue weighted by atomic mass is 16.3. The number of aliphatic hydroxyl groups excluding tert-OH is 1. The first-order chi connectivity index (χ1) is 8.11. The third kappa shape index (κ3) is 5.71. The van der Waals surface area contributed by atoms with E-state index in [1.165, 1.54) is 5.56 Å². The van der Waals surface area contributed by atoms with Gasteiger partial charge in [-0.1, -0.05) is 19.1 Å². The van der Waals surface area contributed by atoms with Crippen LogP contribution in [0.15, 0.2) is 24.3 Å². The van der Waals surface area contributed by atoms with Crippen LogP contribution in [0.2, 0.25) is 0 Å². The number of nitrogens with zero attached hydrogens (tertiary/aromatic N) is 1. The number of hydrogen-bond acceptors (Lipinski definition) is 3. The fourth-order valence-corrected chi connectivity index (χ4v) is 1.84. The van der Waals surface area contributed by atoms with Crippen molar-refractivity contribution in [3.05, 3.63) is 29.8 Å². The molecule has 1 unspecified atom stereocenters. The van der Waals surface area contributed by atoms with E-state index in [4.69, 9.17) is 5.73 Å². The summed E-state index contributed by atoms with van der Waals surface area (Å²) in [6.07, 6.45) is 1.74. The number of hydrogen-bond donors (Lipinski definition) is 2. The molecule has 0 radical (unpaired) electrons. The molecule has 17 heavy (non-hydrogen) atoms. The molecule has 1 aromatic rings. The Hall–Kier alpha value is -1.06. The van der Waals surface area contributed by atoms with Crippen LogP contribution in [0, 0.1) is 0 Å². The van der Waals surface area contributed by atoms with Gasteiger partial charge in [-0.05, 0) is 44.0 Å². The van der Waals surface area contributed by atoms with Gasteiger partial charge in [0.1, 0.15) is 0 Å². The lowest BCUT2D eigenvalue weighted by atomic mass is 10.1. The molecule has 0 saturated heterocycles. The summed E-state index contributed by atoms with van der Waals surface area (Å²) in [4.78, 5) is 2.37. The van der Waals surface area contributed by atoms with E-state index in [1.807, 2.05) is 19.1 Å². The number of benzene rings is 1. The maximum atomic E-state index is 9.33. The molecule has 1 aromatic carbocycles. The average Bonchev–Trinajstić information content (AvgIpc) is 2.29. The standard InChI is InChI=1S/C14H24N2O/c1-3-9-16(10-8-12(2)17)11-13-4-6-14(15)7-5-13/h4-7,12,17H,3,8-11,15H2,1-2H3. The predicted octanol–water partition coefficient (Wildman–Crippen LogP) is 2.25. The topological polar surface area (TPSA) is 49.5 Å². The molecule has 1 atom stereocenters. The molecule has 0 saturated carbocycles. The number of anilines is 1. The van der Waals surface area contributed by atoms with Crippen LogP contribution in [0.1, 0.15) is 32.3 Å². The first kappa shape index (κ1) is 14.0. The molecule has 0 bridgehead atoms. The lowest BCUT2D eigenvalue weighted by Gasteiger charge is -2.22. The molecular formula is C14H24N2O. The Kier molecular flexibility index (Phi) is 6.01. The van der Waals surface area contributed by atoms with Gasteiger partial charge in [0, 0.05) is 18.8 Å². The van der Waals surface area contributed by atoms with Crippen LogP contribution in [0.4, 0.5) is 5.69 Å². The van der Waals surface area contributed by atoms with E-state index >= 15 is 0 Å². The molecule has 3 heteroatoms. The van der Waals surface area contributed by atoms with E-state index in [1.54, 1.807) is 0 Å². The molecule has 0 aliphatic heterocycles. The molecule has 1 rings (SSSR count). The Morgan fingerprint density at radius 3 is 2.41 bits per heavy atom. The van der Waals surface area contributed by atoms with Crippen molar-refractivity contribution < 1.29 is 5.11 Å². The average molecular weight is 236 g/mol. The Morgan fingerprint density at radius 1 is 1.24 bits per heavy atom. The van der Waals surface area contributed by atoms with Crippen molar-refractivity contribution in [3.8, 4) is 0 Å². The van der Waals surface area contributed by atoms with Gasteiger partial charge in [0.15, 0.2) is 0 Å². The van der Waals surface area contributed by atoms with Crippen molar-refractivity contribution in [2.24, 2.45) is 0 Å². The van der Waals surface area contributed by atoms with Gasteiger partial charge in [-0.3, -0.25) is 4.90 Å². The minimum atomic E-state index is -0.222. The molecule has 96 valence electrons. The highest BCUT2D eigenvalue weighted by molar-refractivity contribution is 5.39. The van der Waals surface area contributed by atoms with E-state index in [9.17, 15) is 5.11 Å². The first-order valence-corrected chi connectivity index (χ1v) is 6.36. The van der Waals surface area contributed by atoms with Crippen LogP contribution < -0.4 is 5.73 Å². The summed E-state index contributed by atoms with van der Waals surface area (Å²) in [6.45, 7) is 6.96. The summed E-state index contributed by atoms with van der Waals surface area (Å²) in [5.74, 6) is 0. The SMILES string of the molecule is CCCN(CCC(C)O)Cc1ccc(N)cc1. The maximum absolute atomic E-state index is 9.33. The summed E-state index contributed by atoms with van der Waals surface area (Å²) in [5, 5.41) is 9.33. The van der Waals surface area contributed by atoms with Crippen molar-refractivity contribution in [3.63, 3.8) is 0 Å². The minimum Gasteiger partial charge on any atom is -0.399 e. The first-order valence-electron chi connectivity index (χ1n) is 6.36. The number of nitrogen functional groups attached to an aromatic ring is 1. The summed E-state index contributed by atoms with van der Waals surface area (Å²) < 4.78 is 0. The van der Waals surface area contributed by atoms with Gasteiger partial charge in [-0.25, -0.2) is 0 Å². The van der Waals surface area contributed by atoms with Gasteiger partial charge < -0.3 is 10.8 Å². The number of aliphatic hydroxyl groups is 1. The van der Waals surface area contributed by atoms with E-state index in [0.717, 1.165) is 38.2 Å². The quantitative estimate of drug-likeness (QED) is 0.714. The summed E-state index contributed by atoms with van der Waals surface area (Å²) >= 11 is 0. The van der Waals surface area contributed by atoms with E-state index in [0.29, 0.717) is 0 Å². The number of rotatable bonds is 7. The van der Waals surface area contributed by atoms with Crippen molar-refractivity contribution in [2.45, 2.75) is 39.3 Å². The fourth-order valence-electron chi connectivity index (χ4n) is 1.84. The van der Waals surface area contributed by atoms with Crippen LogP contribution in [-0.2, 0) is 6.54 Å². The van der Waals surface area contributed by atoms with Crippen LogP contribution in [0.25, 0.3) is 0 Å². The van der Waals surface area contributed by atoms with Gasteiger partial charge in [0.2, 0.25) is 0 Å². The van der Waals surface area contributed by atoms with E-state index in [-0.39, 0.29) is 6.10 Å². The zero-order chi connectivity index (χ0) is 12.7. The van der Waals surface area contributed by atoms with Crippen LogP contribution in [-0.4, -0.2) is 29.2 Å². The Balaban J connectivity index is 2.50. The van der Waals surface area contributed by atoms with Crippen molar-refractivity contribution >= 4 is 5.69 Å². The second-order valence-corrected chi connectivity index (χ2v) is 4.66. The maximum Gasteiger partial charge on any atom is 0.0524 e. The zero-order valence-corrected chi connectivity index (χ0v) is 10.9. The molecule has 0 fully saturated rings. The van der Waals surface area contributed by atoms with Crippen molar-refractivity contribution in [1.82, 2.24) is 4.90 Å². The van der Waals surface area contributed by atoms with Gasteiger partial charge in [-0.2, -0.15) is 0 Å². The molecule has 0 aromatic heterocycles. The van der Waals surface area contributed by atoms with Crippen molar-refractivity contribution in [1.29, 1.82) is 0 Å². The molecule has 3 nitrogen and oxygen atoms in total. The van der Waals surface area contributed by atoms with Crippen molar-refractivity contribution in [2.75, 3.05) is 18.8 Å². The van der Waals surface area contributed by atoms with Crippen LogP contribution >= 0.6 is 0 Å². The zero-order valence-electron chi connectivity index (χ0n) is 10.9. The molecule has 0 aliphatic rings. The second-order valence-electron chi connectivity index (χ2n) is 4.66. The lowest BCUT2D eigenvalue weighted by Crippen LogP contribution is -2.27. The van der Waals surface area contributed by atoms with Crippen LogP contribution in [0.3, 0.4) is 0 Å². The highest BCUT2D eigenvalue weighted by Gasteiger charge is 2.06. The Morgan fingerprint density at radius 2 is 1.88 bits per heavy atom. The molecule has 3 N–H and O–H groups in total. The summed E-state index contributed by atoms with van der Waals surface area (Å²) in [5.41, 5.74) is 7.75. The smallest absolute Gasteiger partial charge is 0.0524 e. The largest absolute Gasteiger partial charge is 0.399 e. The van der Waals surface area contributed by atoms with E-state index in [2.05, 4.69) is 24.0 Å². The second kappa shape index (κ2) is 7.30. The Bertz CT molecular complexity index is 309. The van der Waals surface area contributed by atoms with E-state index < -0.39 is 0 Å². The normalized spacial score (nSPS) is 12.9. The van der Waals surface area contributed by atoms with Gasteiger partial charge in [-0.15, -0.1) is 0 Å². The Labute approximate surface area is 104 Å². The van der Waals surface area contributed by atoms with Gasteiger partial charge in [0.05, 0.1) is 6.10 Å². The predicted molar refractivity (Wildman–Crippen MR) is 72.7 cm³/mol. The fraction of sp³-hybridized carbons (Fsp3) is 0.571. The van der Waals surface area contributed by atoms with Crippen LogP contribution in [0.5, 0.6) is 0 Å². The summed E-state index contributed by atoms with van der Waals surface area (Å²) in [7, 11) is 0.